The highest BCUT2D eigenvalue weighted by molar-refractivity contribution is 7.89. The van der Waals surface area contributed by atoms with Crippen molar-refractivity contribution >= 4 is 21.8 Å². The molecule has 26 heavy (non-hydrogen) atoms. The number of amides is 1. The molecule has 146 valence electrons. The number of hydrogen-bond donors (Lipinski definition) is 2. The minimum Gasteiger partial charge on any atom is -0.384 e. The summed E-state index contributed by atoms with van der Waals surface area (Å²) in [5.74, 6) is 0.432. The van der Waals surface area contributed by atoms with Gasteiger partial charge in [0.25, 0.3) is 5.91 Å². The van der Waals surface area contributed by atoms with Crippen LogP contribution < -0.4 is 11.1 Å². The average Bonchev–Trinajstić information content (AvgIpc) is 2.58. The number of sulfonamides is 1. The van der Waals surface area contributed by atoms with Crippen molar-refractivity contribution in [2.45, 2.75) is 38.1 Å². The van der Waals surface area contributed by atoms with Crippen LogP contribution in [0.4, 0.5) is 0 Å². The van der Waals surface area contributed by atoms with Crippen molar-refractivity contribution in [2.75, 3.05) is 20.7 Å². The largest absolute Gasteiger partial charge is 0.384 e. The number of nitrogens with two attached hydrogens (primary N) is 1. The van der Waals surface area contributed by atoms with Crippen LogP contribution in [0.25, 0.3) is 0 Å². The molecule has 1 rings (SSSR count). The first-order valence-electron chi connectivity index (χ1n) is 8.36. The molecule has 0 aromatic heterocycles. The predicted octanol–water partition coefficient (Wildman–Crippen LogP) is 1.28. The maximum absolute atomic E-state index is 12.3. The number of nitrogens with zero attached hydrogens (tertiary/aromatic N) is 2. The molecule has 0 heterocycles. The van der Waals surface area contributed by atoms with E-state index in [9.17, 15) is 13.2 Å². The summed E-state index contributed by atoms with van der Waals surface area (Å²) in [6.07, 6.45) is 1.50. The number of amidine groups is 1. The maximum Gasteiger partial charge on any atom is 0.261 e. The Morgan fingerprint density at radius 2 is 1.96 bits per heavy atom. The number of benzene rings is 1. The van der Waals surface area contributed by atoms with Gasteiger partial charge in [0, 0.05) is 27.1 Å². The molecule has 0 aliphatic carbocycles. The van der Waals surface area contributed by atoms with E-state index in [-0.39, 0.29) is 18.0 Å². The summed E-state index contributed by atoms with van der Waals surface area (Å²) >= 11 is 0. The molecule has 0 fully saturated rings. The zero-order valence-corrected chi connectivity index (χ0v) is 16.5. The molecule has 1 aromatic carbocycles. The Labute approximate surface area is 155 Å². The summed E-state index contributed by atoms with van der Waals surface area (Å²) in [5, 5.41) is 6.32. The minimum absolute atomic E-state index is 0.0674. The second-order valence-corrected chi connectivity index (χ2v) is 8.58. The van der Waals surface area contributed by atoms with Gasteiger partial charge in [-0.05, 0) is 24.0 Å². The van der Waals surface area contributed by atoms with Crippen molar-refractivity contribution in [3.63, 3.8) is 0 Å². The monoisotopic (exact) mass is 384 g/mol. The van der Waals surface area contributed by atoms with Gasteiger partial charge in [-0.3, -0.25) is 4.79 Å². The van der Waals surface area contributed by atoms with Crippen molar-refractivity contribution in [3.05, 3.63) is 29.8 Å². The molecule has 0 spiro atoms. The van der Waals surface area contributed by atoms with Gasteiger partial charge in [-0.2, -0.15) is 0 Å². The first-order valence-corrected chi connectivity index (χ1v) is 9.80. The lowest BCUT2D eigenvalue weighted by Crippen LogP contribution is -2.29. The lowest BCUT2D eigenvalue weighted by molar-refractivity contribution is -0.125. The molecule has 0 unspecified atom stereocenters. The molecule has 0 saturated carbocycles. The number of rotatable bonds is 10. The molecule has 0 saturated heterocycles. The van der Waals surface area contributed by atoms with Gasteiger partial charge in [-0.25, -0.2) is 12.7 Å². The molecule has 0 radical (unpaired) electrons. The van der Waals surface area contributed by atoms with Crippen LogP contribution in [0.15, 0.2) is 34.3 Å². The van der Waals surface area contributed by atoms with Crippen LogP contribution in [0.3, 0.4) is 0 Å². The highest BCUT2D eigenvalue weighted by atomic mass is 32.2. The molecule has 3 N–H and O–H groups in total. The van der Waals surface area contributed by atoms with Gasteiger partial charge in [0.2, 0.25) is 10.0 Å². The Balaban J connectivity index is 2.58. The van der Waals surface area contributed by atoms with Crippen molar-refractivity contribution in [1.29, 1.82) is 0 Å². The molecular formula is C17H28N4O4S. The number of oxime groups is 1. The third kappa shape index (κ3) is 7.01. The Morgan fingerprint density at radius 1 is 1.31 bits per heavy atom. The second-order valence-electron chi connectivity index (χ2n) is 6.46. The average molecular weight is 385 g/mol. The maximum atomic E-state index is 12.3. The quantitative estimate of drug-likeness (QED) is 0.358. The summed E-state index contributed by atoms with van der Waals surface area (Å²) in [4.78, 5) is 16.9. The second kappa shape index (κ2) is 10.1. The normalized spacial score (nSPS) is 12.5. The van der Waals surface area contributed by atoms with E-state index in [2.05, 4.69) is 24.3 Å². The lowest BCUT2D eigenvalue weighted by Gasteiger charge is -2.15. The molecular weight excluding hydrogens is 356 g/mol. The third-order valence-corrected chi connectivity index (χ3v) is 5.48. The van der Waals surface area contributed by atoms with E-state index in [1.807, 2.05) is 0 Å². The highest BCUT2D eigenvalue weighted by Gasteiger charge is 2.20. The van der Waals surface area contributed by atoms with Gasteiger partial charge in [0.05, 0.1) is 4.90 Å². The smallest absolute Gasteiger partial charge is 0.261 e. The van der Waals surface area contributed by atoms with Crippen LogP contribution >= 0.6 is 0 Å². The first-order chi connectivity index (χ1) is 12.1. The van der Waals surface area contributed by atoms with Crippen LogP contribution in [0.2, 0.25) is 0 Å². The van der Waals surface area contributed by atoms with Gasteiger partial charge >= 0.3 is 0 Å². The fourth-order valence-corrected chi connectivity index (χ4v) is 3.11. The highest BCUT2D eigenvalue weighted by Crippen LogP contribution is 2.18. The van der Waals surface area contributed by atoms with E-state index in [0.29, 0.717) is 23.7 Å². The lowest BCUT2D eigenvalue weighted by atomic mass is 10.1. The predicted molar refractivity (Wildman–Crippen MR) is 101 cm³/mol. The van der Waals surface area contributed by atoms with Crippen LogP contribution in [0, 0.1) is 5.92 Å². The topological polar surface area (TPSA) is 114 Å². The summed E-state index contributed by atoms with van der Waals surface area (Å²) in [6, 6.07) is 6.51. The van der Waals surface area contributed by atoms with Gasteiger partial charge in [-0.1, -0.05) is 37.2 Å². The van der Waals surface area contributed by atoms with E-state index in [1.165, 1.54) is 20.2 Å². The summed E-state index contributed by atoms with van der Waals surface area (Å²) in [7, 11) is -0.668. The molecule has 1 aromatic rings. The van der Waals surface area contributed by atoms with Crippen LogP contribution in [-0.4, -0.2) is 45.2 Å². The number of nitrogens with one attached hydrogen (secondary N) is 1. The number of hydrogen-bond acceptors (Lipinski definition) is 5. The van der Waals surface area contributed by atoms with Crippen molar-refractivity contribution in [2.24, 2.45) is 16.8 Å². The zero-order chi connectivity index (χ0) is 19.7. The van der Waals surface area contributed by atoms with Gasteiger partial charge in [0.1, 0.15) is 5.84 Å². The van der Waals surface area contributed by atoms with E-state index in [0.717, 1.165) is 10.7 Å². The zero-order valence-electron chi connectivity index (χ0n) is 15.7. The molecule has 0 aliphatic rings. The minimum atomic E-state index is -3.58. The Bertz CT molecular complexity index is 730. The fourth-order valence-electron chi connectivity index (χ4n) is 2.00. The van der Waals surface area contributed by atoms with Gasteiger partial charge in [0.15, 0.2) is 6.61 Å². The standard InChI is InChI=1S/C17H28N4O4S/c1-13(2)9-10-16(18)20-25-12-17(22)19-11-14-7-5-6-8-15(14)26(23,24)21(3)4/h5-8,13H,9-12H2,1-4H3,(H2,18,20)(H,19,22). The van der Waals surface area contributed by atoms with E-state index < -0.39 is 15.9 Å². The van der Waals surface area contributed by atoms with Crippen LogP contribution in [0.5, 0.6) is 0 Å². The van der Waals surface area contributed by atoms with Gasteiger partial charge < -0.3 is 15.9 Å². The SMILES string of the molecule is CC(C)CC/C(N)=N/OCC(=O)NCc1ccccc1S(=O)(=O)N(C)C. The molecule has 0 atom stereocenters. The fraction of sp³-hybridized carbons (Fsp3) is 0.529. The van der Waals surface area contributed by atoms with Crippen LogP contribution in [-0.2, 0) is 26.2 Å². The van der Waals surface area contributed by atoms with E-state index >= 15 is 0 Å². The van der Waals surface area contributed by atoms with Gasteiger partial charge in [-0.15, -0.1) is 0 Å². The summed E-state index contributed by atoms with van der Waals surface area (Å²) in [5.41, 5.74) is 6.19. The molecule has 1 amide bonds. The molecule has 9 heteroatoms. The Kier molecular flexibility index (Phi) is 8.53. The number of carbonyl (C=O) groups excluding carboxylic acids is 1. The third-order valence-electron chi connectivity index (χ3n) is 3.56. The Morgan fingerprint density at radius 3 is 2.58 bits per heavy atom. The van der Waals surface area contributed by atoms with Crippen LogP contribution in [0.1, 0.15) is 32.3 Å². The Hall–Kier alpha value is -2.13. The van der Waals surface area contributed by atoms with Crippen molar-refractivity contribution in [3.8, 4) is 0 Å². The summed E-state index contributed by atoms with van der Waals surface area (Å²) < 4.78 is 25.8. The summed E-state index contributed by atoms with van der Waals surface area (Å²) in [6.45, 7) is 3.94. The number of carbonyl (C=O) groups is 1. The molecule has 0 aliphatic heterocycles. The van der Waals surface area contributed by atoms with Crippen molar-refractivity contribution in [1.82, 2.24) is 9.62 Å². The van der Waals surface area contributed by atoms with Crippen molar-refractivity contribution < 1.29 is 18.0 Å². The van der Waals surface area contributed by atoms with E-state index in [4.69, 9.17) is 10.6 Å². The molecule has 0 bridgehead atoms. The van der Waals surface area contributed by atoms with E-state index in [1.54, 1.807) is 18.2 Å². The first kappa shape index (κ1) is 21.9. The molecule has 8 nitrogen and oxygen atoms in total.